The molecule has 0 heterocycles. The third-order valence-corrected chi connectivity index (χ3v) is 3.66. The van der Waals surface area contributed by atoms with Gasteiger partial charge < -0.3 is 5.32 Å². The molecule has 0 fully saturated rings. The first-order chi connectivity index (χ1) is 10.4. The second kappa shape index (κ2) is 6.72. The van der Waals surface area contributed by atoms with Gasteiger partial charge in [-0.05, 0) is 40.8 Å². The molecule has 0 saturated carbocycles. The minimum Gasteiger partial charge on any atom is -0.305 e. The first-order valence-corrected chi connectivity index (χ1v) is 7.38. The highest BCUT2D eigenvalue weighted by molar-refractivity contribution is 5.31. The van der Waals surface area contributed by atoms with Crippen molar-refractivity contribution in [2.24, 2.45) is 5.41 Å². The van der Waals surface area contributed by atoms with Crippen LogP contribution in [0.25, 0.3) is 0 Å². The number of hydrogen-bond donors (Lipinski definition) is 1. The van der Waals surface area contributed by atoms with E-state index in [-0.39, 0.29) is 17.3 Å². The average molecular weight is 296 g/mol. The Morgan fingerprint density at radius 1 is 1.05 bits per heavy atom. The van der Waals surface area contributed by atoms with Gasteiger partial charge in [-0.3, -0.25) is 0 Å². The third-order valence-electron chi connectivity index (χ3n) is 3.66. The Bertz CT molecular complexity index is 646. The Balaban J connectivity index is 2.13. The second-order valence-electron chi connectivity index (χ2n) is 6.54. The number of rotatable bonds is 4. The van der Waals surface area contributed by atoms with E-state index in [9.17, 15) is 4.39 Å². The largest absolute Gasteiger partial charge is 0.305 e. The summed E-state index contributed by atoms with van der Waals surface area (Å²) >= 11 is 0. The van der Waals surface area contributed by atoms with Crippen LogP contribution in [-0.2, 0) is 6.54 Å². The van der Waals surface area contributed by atoms with Crippen LogP contribution < -0.4 is 5.32 Å². The Labute approximate surface area is 131 Å². The van der Waals surface area contributed by atoms with Crippen molar-refractivity contribution in [3.05, 3.63) is 71.0 Å². The summed E-state index contributed by atoms with van der Waals surface area (Å²) in [6, 6.07) is 16.4. The summed E-state index contributed by atoms with van der Waals surface area (Å²) in [7, 11) is 0. The van der Waals surface area contributed by atoms with Crippen LogP contribution in [0.4, 0.5) is 4.39 Å². The Morgan fingerprint density at radius 2 is 1.64 bits per heavy atom. The van der Waals surface area contributed by atoms with Gasteiger partial charge in [-0.25, -0.2) is 4.39 Å². The van der Waals surface area contributed by atoms with E-state index in [0.29, 0.717) is 12.1 Å². The van der Waals surface area contributed by atoms with Gasteiger partial charge in [0.25, 0.3) is 0 Å². The monoisotopic (exact) mass is 296 g/mol. The maximum atomic E-state index is 13.1. The van der Waals surface area contributed by atoms with Gasteiger partial charge >= 0.3 is 0 Å². The zero-order valence-corrected chi connectivity index (χ0v) is 13.2. The number of nitrogens with one attached hydrogen (secondary N) is 1. The molecule has 2 aromatic rings. The molecule has 3 heteroatoms. The fourth-order valence-corrected chi connectivity index (χ4v) is 2.50. The van der Waals surface area contributed by atoms with Crippen LogP contribution in [0.1, 0.15) is 43.5 Å². The van der Waals surface area contributed by atoms with Gasteiger partial charge in [-0.1, -0.05) is 45.0 Å². The summed E-state index contributed by atoms with van der Waals surface area (Å²) in [6.07, 6.45) is 0. The van der Waals surface area contributed by atoms with Gasteiger partial charge in [0.05, 0.1) is 11.6 Å². The van der Waals surface area contributed by atoms with Crippen molar-refractivity contribution in [2.45, 2.75) is 33.4 Å². The molecule has 0 bridgehead atoms. The summed E-state index contributed by atoms with van der Waals surface area (Å²) in [6.45, 7) is 7.18. The lowest BCUT2D eigenvalue weighted by atomic mass is 9.82. The average Bonchev–Trinajstić information content (AvgIpc) is 2.48. The molecule has 0 spiro atoms. The first kappa shape index (κ1) is 16.2. The zero-order chi connectivity index (χ0) is 16.2. The lowest BCUT2D eigenvalue weighted by Gasteiger charge is -2.32. The normalized spacial score (nSPS) is 12.7. The molecule has 0 aliphatic carbocycles. The highest BCUT2D eigenvalue weighted by Gasteiger charge is 2.25. The lowest BCUT2D eigenvalue weighted by molar-refractivity contribution is 0.271. The third kappa shape index (κ3) is 4.16. The molecule has 1 N–H and O–H groups in total. The van der Waals surface area contributed by atoms with Crippen LogP contribution in [0.15, 0.2) is 48.5 Å². The molecule has 0 saturated heterocycles. The molecular formula is C19H21FN2. The summed E-state index contributed by atoms with van der Waals surface area (Å²) in [4.78, 5) is 0. The van der Waals surface area contributed by atoms with E-state index >= 15 is 0 Å². The standard InChI is InChI=1S/C19H21FN2/c1-19(2,3)18(16-8-10-17(20)11-9-16)22-13-15-6-4-14(12-21)5-7-15/h4-11,18,22H,13H2,1-3H3. The number of nitriles is 1. The molecule has 2 aromatic carbocycles. The summed E-state index contributed by atoms with van der Waals surface area (Å²) < 4.78 is 13.1. The van der Waals surface area contributed by atoms with E-state index in [0.717, 1.165) is 11.1 Å². The quantitative estimate of drug-likeness (QED) is 0.896. The number of halogens is 1. The van der Waals surface area contributed by atoms with Gasteiger partial charge in [0.15, 0.2) is 0 Å². The summed E-state index contributed by atoms with van der Waals surface area (Å²) in [5.74, 6) is -0.219. The van der Waals surface area contributed by atoms with E-state index in [4.69, 9.17) is 5.26 Å². The van der Waals surface area contributed by atoms with Gasteiger partial charge in [-0.2, -0.15) is 5.26 Å². The van der Waals surface area contributed by atoms with Crippen LogP contribution in [0.3, 0.4) is 0 Å². The molecule has 2 rings (SSSR count). The van der Waals surface area contributed by atoms with E-state index < -0.39 is 0 Å². The molecule has 2 nitrogen and oxygen atoms in total. The summed E-state index contributed by atoms with van der Waals surface area (Å²) in [5, 5.41) is 12.4. The van der Waals surface area contributed by atoms with Crippen LogP contribution in [0.2, 0.25) is 0 Å². The van der Waals surface area contributed by atoms with Crippen molar-refractivity contribution in [3.63, 3.8) is 0 Å². The minimum atomic E-state index is -0.219. The van der Waals surface area contributed by atoms with Crippen molar-refractivity contribution < 1.29 is 4.39 Å². The number of benzene rings is 2. The van der Waals surface area contributed by atoms with E-state index in [1.54, 1.807) is 0 Å². The molecule has 0 aliphatic heterocycles. The topological polar surface area (TPSA) is 35.8 Å². The van der Waals surface area contributed by atoms with Crippen LogP contribution in [-0.4, -0.2) is 0 Å². The lowest BCUT2D eigenvalue weighted by Crippen LogP contribution is -2.32. The molecule has 0 amide bonds. The number of nitrogens with zero attached hydrogens (tertiary/aromatic N) is 1. The smallest absolute Gasteiger partial charge is 0.123 e. The summed E-state index contributed by atoms with van der Waals surface area (Å²) in [5.41, 5.74) is 2.86. The van der Waals surface area contributed by atoms with Gasteiger partial charge in [0.2, 0.25) is 0 Å². The molecule has 22 heavy (non-hydrogen) atoms. The maximum absolute atomic E-state index is 13.1. The van der Waals surface area contributed by atoms with Gasteiger partial charge in [0.1, 0.15) is 5.82 Å². The van der Waals surface area contributed by atoms with Crippen LogP contribution in [0, 0.1) is 22.6 Å². The molecule has 0 radical (unpaired) electrons. The van der Waals surface area contributed by atoms with Crippen LogP contribution in [0.5, 0.6) is 0 Å². The van der Waals surface area contributed by atoms with Gasteiger partial charge in [0, 0.05) is 12.6 Å². The molecule has 0 aromatic heterocycles. The minimum absolute atomic E-state index is 0.00439. The van der Waals surface area contributed by atoms with Gasteiger partial charge in [-0.15, -0.1) is 0 Å². The Morgan fingerprint density at radius 3 is 2.14 bits per heavy atom. The Hall–Kier alpha value is -2.18. The highest BCUT2D eigenvalue weighted by atomic mass is 19.1. The SMILES string of the molecule is CC(C)(C)C(NCc1ccc(C#N)cc1)c1ccc(F)cc1. The van der Waals surface area contributed by atoms with Crippen molar-refractivity contribution in [1.82, 2.24) is 5.32 Å². The first-order valence-electron chi connectivity index (χ1n) is 7.38. The van der Waals surface area contributed by atoms with Crippen LogP contribution >= 0.6 is 0 Å². The molecule has 1 unspecified atom stereocenters. The predicted octanol–water partition coefficient (Wildman–Crippen LogP) is 4.57. The fourth-order valence-electron chi connectivity index (χ4n) is 2.50. The molecule has 114 valence electrons. The number of hydrogen-bond acceptors (Lipinski definition) is 2. The fraction of sp³-hybridized carbons (Fsp3) is 0.316. The molecule has 1 atom stereocenters. The Kier molecular flexibility index (Phi) is 4.95. The molecule has 0 aliphatic rings. The highest BCUT2D eigenvalue weighted by Crippen LogP contribution is 2.33. The molecular weight excluding hydrogens is 275 g/mol. The second-order valence-corrected chi connectivity index (χ2v) is 6.54. The van der Waals surface area contributed by atoms with Crippen molar-refractivity contribution in [2.75, 3.05) is 0 Å². The predicted molar refractivity (Wildman–Crippen MR) is 86.6 cm³/mol. The maximum Gasteiger partial charge on any atom is 0.123 e. The van der Waals surface area contributed by atoms with Crippen molar-refractivity contribution in [1.29, 1.82) is 5.26 Å². The van der Waals surface area contributed by atoms with E-state index in [1.165, 1.54) is 12.1 Å². The zero-order valence-electron chi connectivity index (χ0n) is 13.2. The van der Waals surface area contributed by atoms with Crippen molar-refractivity contribution >= 4 is 0 Å². The van der Waals surface area contributed by atoms with E-state index in [2.05, 4.69) is 32.2 Å². The van der Waals surface area contributed by atoms with E-state index in [1.807, 2.05) is 36.4 Å². The van der Waals surface area contributed by atoms with Crippen molar-refractivity contribution in [3.8, 4) is 6.07 Å².